The summed E-state index contributed by atoms with van der Waals surface area (Å²) in [6.07, 6.45) is -2.81. The lowest BCUT2D eigenvalue weighted by molar-refractivity contribution is -0.137. The molecule has 0 aliphatic heterocycles. The van der Waals surface area contributed by atoms with Crippen LogP contribution in [-0.4, -0.2) is 27.4 Å². The van der Waals surface area contributed by atoms with Gasteiger partial charge in [-0.05, 0) is 36.6 Å². The van der Waals surface area contributed by atoms with Crippen molar-refractivity contribution in [3.63, 3.8) is 0 Å². The SMILES string of the molecule is O=C(CNS(=O)(=O)c1cccc(C(F)(F)F)c1)NCC1(c2ccccc2)CC1. The molecule has 9 heteroatoms. The van der Waals surface area contributed by atoms with Crippen molar-refractivity contribution in [2.75, 3.05) is 13.1 Å². The molecule has 0 radical (unpaired) electrons. The summed E-state index contributed by atoms with van der Waals surface area (Å²) >= 11 is 0. The van der Waals surface area contributed by atoms with Crippen molar-refractivity contribution in [3.05, 3.63) is 65.7 Å². The van der Waals surface area contributed by atoms with E-state index in [1.165, 1.54) is 0 Å². The maximum absolute atomic E-state index is 12.7. The van der Waals surface area contributed by atoms with E-state index in [0.29, 0.717) is 12.6 Å². The molecule has 2 aromatic rings. The monoisotopic (exact) mass is 412 g/mol. The minimum absolute atomic E-state index is 0.128. The number of amides is 1. The molecule has 28 heavy (non-hydrogen) atoms. The van der Waals surface area contributed by atoms with Gasteiger partial charge in [-0.15, -0.1) is 0 Å². The molecule has 0 spiro atoms. The second-order valence-corrected chi connectivity index (χ2v) is 8.54. The minimum Gasteiger partial charge on any atom is -0.354 e. The molecule has 5 nitrogen and oxygen atoms in total. The first-order chi connectivity index (χ1) is 13.1. The van der Waals surface area contributed by atoms with Gasteiger partial charge in [-0.1, -0.05) is 36.4 Å². The topological polar surface area (TPSA) is 75.3 Å². The molecule has 1 aliphatic rings. The molecule has 0 atom stereocenters. The molecule has 2 aromatic carbocycles. The fraction of sp³-hybridized carbons (Fsp3) is 0.316. The Hall–Kier alpha value is -2.39. The van der Waals surface area contributed by atoms with E-state index in [0.717, 1.165) is 36.6 Å². The summed E-state index contributed by atoms with van der Waals surface area (Å²) in [6.45, 7) is -0.176. The zero-order chi connectivity index (χ0) is 20.4. The number of hydrogen-bond donors (Lipinski definition) is 2. The van der Waals surface area contributed by atoms with Crippen LogP contribution in [0.5, 0.6) is 0 Å². The lowest BCUT2D eigenvalue weighted by atomic mass is 9.96. The lowest BCUT2D eigenvalue weighted by Crippen LogP contribution is -2.40. The Morgan fingerprint density at radius 3 is 2.32 bits per heavy atom. The second-order valence-electron chi connectivity index (χ2n) is 6.77. The van der Waals surface area contributed by atoms with Crippen LogP contribution >= 0.6 is 0 Å². The molecule has 2 N–H and O–H groups in total. The van der Waals surface area contributed by atoms with Gasteiger partial charge in [-0.2, -0.15) is 13.2 Å². The number of nitrogens with one attached hydrogen (secondary N) is 2. The van der Waals surface area contributed by atoms with Crippen molar-refractivity contribution in [2.45, 2.75) is 29.3 Å². The predicted molar refractivity (Wildman–Crippen MR) is 97.0 cm³/mol. The van der Waals surface area contributed by atoms with E-state index in [1.54, 1.807) is 0 Å². The van der Waals surface area contributed by atoms with Crippen LogP contribution in [0.3, 0.4) is 0 Å². The molecule has 0 bridgehead atoms. The van der Waals surface area contributed by atoms with E-state index in [-0.39, 0.29) is 5.41 Å². The summed E-state index contributed by atoms with van der Waals surface area (Å²) in [7, 11) is -4.24. The first-order valence-electron chi connectivity index (χ1n) is 8.62. The third-order valence-corrected chi connectivity index (χ3v) is 6.16. The van der Waals surface area contributed by atoms with Gasteiger partial charge < -0.3 is 5.32 Å². The number of hydrogen-bond acceptors (Lipinski definition) is 3. The highest BCUT2D eigenvalue weighted by Gasteiger charge is 2.44. The molecule has 0 heterocycles. The fourth-order valence-electron chi connectivity index (χ4n) is 2.92. The smallest absolute Gasteiger partial charge is 0.354 e. The minimum atomic E-state index is -4.65. The standard InChI is InChI=1S/C19H19F3N2O3S/c20-19(21,22)15-7-4-8-16(11-15)28(26,27)24-12-17(25)23-13-18(9-10-18)14-5-2-1-3-6-14/h1-8,11,24H,9-10,12-13H2,(H,23,25). The zero-order valence-corrected chi connectivity index (χ0v) is 15.6. The average molecular weight is 412 g/mol. The van der Waals surface area contributed by atoms with E-state index in [4.69, 9.17) is 0 Å². The Labute approximate surface area is 161 Å². The summed E-state index contributed by atoms with van der Waals surface area (Å²) in [6, 6.07) is 13.1. The van der Waals surface area contributed by atoms with Gasteiger partial charge in [-0.3, -0.25) is 4.79 Å². The normalized spacial score (nSPS) is 15.8. The van der Waals surface area contributed by atoms with Crippen molar-refractivity contribution in [2.24, 2.45) is 0 Å². The Morgan fingerprint density at radius 1 is 1.04 bits per heavy atom. The van der Waals surface area contributed by atoms with E-state index in [1.807, 2.05) is 35.1 Å². The molecular formula is C19H19F3N2O3S. The number of alkyl halides is 3. The molecule has 0 aromatic heterocycles. The van der Waals surface area contributed by atoms with Crippen molar-refractivity contribution in [3.8, 4) is 0 Å². The summed E-state index contributed by atoms with van der Waals surface area (Å²) in [5, 5.41) is 2.70. The number of carbonyl (C=O) groups excluding carboxylic acids is 1. The maximum atomic E-state index is 12.7. The molecule has 1 fully saturated rings. The van der Waals surface area contributed by atoms with Crippen LogP contribution in [0.15, 0.2) is 59.5 Å². The molecule has 1 amide bonds. The highest BCUT2D eigenvalue weighted by Crippen LogP contribution is 2.47. The molecule has 150 valence electrons. The van der Waals surface area contributed by atoms with Crippen molar-refractivity contribution < 1.29 is 26.4 Å². The first kappa shape index (κ1) is 20.3. The van der Waals surface area contributed by atoms with E-state index in [9.17, 15) is 26.4 Å². The maximum Gasteiger partial charge on any atom is 0.416 e. The number of carbonyl (C=O) groups is 1. The van der Waals surface area contributed by atoms with Crippen LogP contribution in [0, 0.1) is 0 Å². The van der Waals surface area contributed by atoms with E-state index < -0.39 is 39.1 Å². The van der Waals surface area contributed by atoms with Gasteiger partial charge in [0.2, 0.25) is 15.9 Å². The third-order valence-electron chi connectivity index (χ3n) is 4.76. The van der Waals surface area contributed by atoms with Crippen LogP contribution in [-0.2, 0) is 26.4 Å². The van der Waals surface area contributed by atoms with Crippen LogP contribution < -0.4 is 10.0 Å². The van der Waals surface area contributed by atoms with Crippen LogP contribution in [0.25, 0.3) is 0 Å². The average Bonchev–Trinajstić information content (AvgIpc) is 3.46. The van der Waals surface area contributed by atoms with Crippen molar-refractivity contribution in [1.29, 1.82) is 0 Å². The summed E-state index contributed by atoms with van der Waals surface area (Å²) in [5.41, 5.74) is -0.0881. The number of benzene rings is 2. The number of sulfonamides is 1. The van der Waals surface area contributed by atoms with Gasteiger partial charge in [0, 0.05) is 12.0 Å². The summed E-state index contributed by atoms with van der Waals surface area (Å²) < 4.78 is 64.7. The third kappa shape index (κ3) is 4.71. The van der Waals surface area contributed by atoms with E-state index >= 15 is 0 Å². The highest BCUT2D eigenvalue weighted by molar-refractivity contribution is 7.89. The van der Waals surface area contributed by atoms with Crippen LogP contribution in [0.2, 0.25) is 0 Å². The quantitative estimate of drug-likeness (QED) is 0.734. The number of halogens is 3. The van der Waals surface area contributed by atoms with Gasteiger partial charge in [0.05, 0.1) is 17.0 Å². The Bertz CT molecular complexity index is 956. The largest absolute Gasteiger partial charge is 0.416 e. The zero-order valence-electron chi connectivity index (χ0n) is 14.8. The number of rotatable bonds is 7. The van der Waals surface area contributed by atoms with Gasteiger partial charge in [0.25, 0.3) is 0 Å². The molecule has 1 aliphatic carbocycles. The fourth-order valence-corrected chi connectivity index (χ4v) is 3.95. The van der Waals surface area contributed by atoms with Gasteiger partial charge in [-0.25, -0.2) is 13.1 Å². The van der Waals surface area contributed by atoms with Crippen LogP contribution in [0.4, 0.5) is 13.2 Å². The Morgan fingerprint density at radius 2 is 1.71 bits per heavy atom. The molecular weight excluding hydrogens is 393 g/mol. The summed E-state index contributed by atoms with van der Waals surface area (Å²) in [4.78, 5) is 11.5. The Balaban J connectivity index is 1.57. The molecule has 0 unspecified atom stereocenters. The van der Waals surface area contributed by atoms with Crippen LogP contribution in [0.1, 0.15) is 24.0 Å². The molecule has 3 rings (SSSR count). The van der Waals surface area contributed by atoms with Gasteiger partial charge >= 0.3 is 6.18 Å². The Kier molecular flexibility index (Phi) is 5.49. The second kappa shape index (κ2) is 7.56. The predicted octanol–water partition coefficient (Wildman–Crippen LogP) is 2.83. The summed E-state index contributed by atoms with van der Waals surface area (Å²) in [5.74, 6) is -0.544. The first-order valence-corrected chi connectivity index (χ1v) is 10.1. The highest BCUT2D eigenvalue weighted by atomic mass is 32.2. The van der Waals surface area contributed by atoms with Gasteiger partial charge in [0.15, 0.2) is 0 Å². The molecule has 0 saturated heterocycles. The van der Waals surface area contributed by atoms with E-state index in [2.05, 4.69) is 5.32 Å². The lowest BCUT2D eigenvalue weighted by Gasteiger charge is -2.17. The molecule has 1 saturated carbocycles. The van der Waals surface area contributed by atoms with Crippen molar-refractivity contribution in [1.82, 2.24) is 10.0 Å². The van der Waals surface area contributed by atoms with Crippen molar-refractivity contribution >= 4 is 15.9 Å². The van der Waals surface area contributed by atoms with Gasteiger partial charge in [0.1, 0.15) is 0 Å².